The number of methoxy groups -OCH3 is 1. The summed E-state index contributed by atoms with van der Waals surface area (Å²) in [5, 5.41) is 2.53. The van der Waals surface area contributed by atoms with Gasteiger partial charge in [0.2, 0.25) is 0 Å². The summed E-state index contributed by atoms with van der Waals surface area (Å²) >= 11 is 1.42. The maximum atomic E-state index is 11.3. The third kappa shape index (κ3) is 3.00. The van der Waals surface area contributed by atoms with Gasteiger partial charge in [-0.15, -0.1) is 11.3 Å². The molecule has 5 heteroatoms. The molecule has 4 nitrogen and oxygen atoms in total. The number of nitrogens with zero attached hydrogens (tertiary/aromatic N) is 1. The number of carbonyl (C=O) groups excluding carboxylic acids is 1. The molecule has 0 fully saturated rings. The summed E-state index contributed by atoms with van der Waals surface area (Å²) in [6.45, 7) is 4.15. The van der Waals surface area contributed by atoms with Gasteiger partial charge in [0.25, 0.3) is 0 Å². The summed E-state index contributed by atoms with van der Waals surface area (Å²) in [5.41, 5.74) is 0.368. The minimum atomic E-state index is -0.369. The van der Waals surface area contributed by atoms with Crippen molar-refractivity contribution in [1.82, 2.24) is 4.98 Å². The van der Waals surface area contributed by atoms with Crippen LogP contribution in [0.25, 0.3) is 0 Å². The zero-order valence-electron chi connectivity index (χ0n) is 9.15. The van der Waals surface area contributed by atoms with E-state index in [2.05, 4.69) is 4.98 Å². The predicted octanol–water partition coefficient (Wildman–Crippen LogP) is 2.42. The first-order valence-electron chi connectivity index (χ1n) is 4.88. The molecule has 0 N–H and O–H groups in total. The van der Waals surface area contributed by atoms with Crippen molar-refractivity contribution < 1.29 is 14.3 Å². The molecular weight excluding hydrogens is 214 g/mol. The van der Waals surface area contributed by atoms with Gasteiger partial charge in [-0.2, -0.15) is 0 Å². The summed E-state index contributed by atoms with van der Waals surface area (Å²) in [6.07, 6.45) is 0.810. The lowest BCUT2D eigenvalue weighted by Crippen LogP contribution is -2.06. The minimum absolute atomic E-state index is 0.0295. The van der Waals surface area contributed by atoms with Gasteiger partial charge < -0.3 is 9.47 Å². The van der Waals surface area contributed by atoms with Crippen molar-refractivity contribution in [2.24, 2.45) is 0 Å². The lowest BCUT2D eigenvalue weighted by atomic mass is 10.3. The van der Waals surface area contributed by atoms with Gasteiger partial charge in [0.15, 0.2) is 5.69 Å². The molecule has 0 saturated carbocycles. The molecule has 0 aliphatic rings. The highest BCUT2D eigenvalue weighted by Crippen LogP contribution is 2.23. The Hall–Kier alpha value is -0.940. The van der Waals surface area contributed by atoms with Gasteiger partial charge in [0, 0.05) is 12.5 Å². The van der Waals surface area contributed by atoms with Gasteiger partial charge in [-0.25, -0.2) is 9.78 Å². The molecule has 84 valence electrons. The maximum Gasteiger partial charge on any atom is 0.357 e. The van der Waals surface area contributed by atoms with Crippen molar-refractivity contribution >= 4 is 17.3 Å². The Morgan fingerprint density at radius 2 is 2.33 bits per heavy atom. The lowest BCUT2D eigenvalue weighted by molar-refractivity contribution is 0.0518. The molecule has 1 atom stereocenters. The van der Waals surface area contributed by atoms with Crippen LogP contribution in [0.5, 0.6) is 0 Å². The fourth-order valence-corrected chi connectivity index (χ4v) is 2.12. The van der Waals surface area contributed by atoms with E-state index in [-0.39, 0.29) is 12.1 Å². The highest BCUT2D eigenvalue weighted by Gasteiger charge is 2.16. The van der Waals surface area contributed by atoms with Crippen molar-refractivity contribution in [3.8, 4) is 0 Å². The molecule has 0 saturated heterocycles. The second kappa shape index (κ2) is 5.82. The monoisotopic (exact) mass is 229 g/mol. The van der Waals surface area contributed by atoms with Gasteiger partial charge in [0.05, 0.1) is 6.61 Å². The third-order valence-corrected chi connectivity index (χ3v) is 2.87. The first-order chi connectivity index (χ1) is 7.22. The third-order valence-electron chi connectivity index (χ3n) is 1.94. The summed E-state index contributed by atoms with van der Waals surface area (Å²) in [6, 6.07) is 0. The standard InChI is InChI=1S/C10H15NO3S/c1-4-8(13-3)9-11-7(6-15-9)10(12)14-5-2/h6,8H,4-5H2,1-3H3. The van der Waals surface area contributed by atoms with Gasteiger partial charge in [-0.05, 0) is 13.3 Å². The largest absolute Gasteiger partial charge is 0.461 e. The smallest absolute Gasteiger partial charge is 0.357 e. The second-order valence-corrected chi connectivity index (χ2v) is 3.81. The minimum Gasteiger partial charge on any atom is -0.461 e. The van der Waals surface area contributed by atoms with E-state index >= 15 is 0 Å². The van der Waals surface area contributed by atoms with Crippen molar-refractivity contribution in [2.75, 3.05) is 13.7 Å². The fourth-order valence-electron chi connectivity index (χ4n) is 1.18. The van der Waals surface area contributed by atoms with E-state index in [9.17, 15) is 4.79 Å². The van der Waals surface area contributed by atoms with E-state index < -0.39 is 0 Å². The zero-order valence-corrected chi connectivity index (χ0v) is 9.97. The molecule has 0 bridgehead atoms. The van der Waals surface area contributed by atoms with E-state index in [1.165, 1.54) is 11.3 Å². The number of hydrogen-bond acceptors (Lipinski definition) is 5. The Bertz CT molecular complexity index is 320. The molecule has 1 unspecified atom stereocenters. The van der Waals surface area contributed by atoms with E-state index in [0.717, 1.165) is 11.4 Å². The molecule has 1 rings (SSSR count). The molecule has 1 aromatic heterocycles. The summed E-state index contributed by atoms with van der Waals surface area (Å²) in [4.78, 5) is 15.5. The molecule has 1 aromatic rings. The Labute approximate surface area is 93.2 Å². The highest BCUT2D eigenvalue weighted by molar-refractivity contribution is 7.09. The second-order valence-electron chi connectivity index (χ2n) is 2.92. The van der Waals surface area contributed by atoms with Crippen LogP contribution in [-0.2, 0) is 9.47 Å². The number of aromatic nitrogens is 1. The molecule has 15 heavy (non-hydrogen) atoms. The molecule has 0 aliphatic heterocycles. The Balaban J connectivity index is 2.75. The predicted molar refractivity (Wildman–Crippen MR) is 58.1 cm³/mol. The Kier molecular flexibility index (Phi) is 4.71. The van der Waals surface area contributed by atoms with Gasteiger partial charge in [-0.1, -0.05) is 6.92 Å². The maximum absolute atomic E-state index is 11.3. The number of carbonyl (C=O) groups is 1. The Morgan fingerprint density at radius 1 is 1.60 bits per heavy atom. The number of hydrogen-bond donors (Lipinski definition) is 0. The van der Waals surface area contributed by atoms with E-state index in [1.807, 2.05) is 6.92 Å². The van der Waals surface area contributed by atoms with Gasteiger partial charge in [0.1, 0.15) is 11.1 Å². The average Bonchev–Trinajstić information content (AvgIpc) is 2.69. The molecular formula is C10H15NO3S. The normalized spacial score (nSPS) is 12.5. The van der Waals surface area contributed by atoms with Crippen molar-refractivity contribution in [2.45, 2.75) is 26.4 Å². The van der Waals surface area contributed by atoms with Crippen LogP contribution in [0.4, 0.5) is 0 Å². The van der Waals surface area contributed by atoms with Crippen LogP contribution in [0.3, 0.4) is 0 Å². The van der Waals surface area contributed by atoms with Crippen molar-refractivity contribution in [1.29, 1.82) is 0 Å². The number of ether oxygens (including phenoxy) is 2. The van der Waals surface area contributed by atoms with Crippen LogP contribution in [0.15, 0.2) is 5.38 Å². The first kappa shape index (κ1) is 12.1. The molecule has 0 aromatic carbocycles. The van der Waals surface area contributed by atoms with Crippen LogP contribution in [0.2, 0.25) is 0 Å². The first-order valence-corrected chi connectivity index (χ1v) is 5.76. The summed E-state index contributed by atoms with van der Waals surface area (Å²) in [7, 11) is 1.64. The van der Waals surface area contributed by atoms with E-state index in [4.69, 9.17) is 9.47 Å². The molecule has 0 aliphatic carbocycles. The van der Waals surface area contributed by atoms with E-state index in [1.54, 1.807) is 19.4 Å². The topological polar surface area (TPSA) is 48.4 Å². The fraction of sp³-hybridized carbons (Fsp3) is 0.600. The SMILES string of the molecule is CCOC(=O)c1csc(C(CC)OC)n1. The van der Waals surface area contributed by atoms with Crippen LogP contribution in [0.1, 0.15) is 41.9 Å². The number of rotatable bonds is 5. The van der Waals surface area contributed by atoms with Crippen LogP contribution in [0, 0.1) is 0 Å². The van der Waals surface area contributed by atoms with Crippen molar-refractivity contribution in [3.05, 3.63) is 16.1 Å². The van der Waals surface area contributed by atoms with Gasteiger partial charge in [-0.3, -0.25) is 0 Å². The van der Waals surface area contributed by atoms with Crippen LogP contribution < -0.4 is 0 Å². The van der Waals surface area contributed by atoms with Gasteiger partial charge >= 0.3 is 5.97 Å². The van der Waals surface area contributed by atoms with Crippen LogP contribution in [-0.4, -0.2) is 24.7 Å². The quantitative estimate of drug-likeness (QED) is 0.727. The molecule has 1 heterocycles. The lowest BCUT2D eigenvalue weighted by Gasteiger charge is -2.08. The highest BCUT2D eigenvalue weighted by atomic mass is 32.1. The zero-order chi connectivity index (χ0) is 11.3. The van der Waals surface area contributed by atoms with Crippen molar-refractivity contribution in [3.63, 3.8) is 0 Å². The molecule has 0 spiro atoms. The summed E-state index contributed by atoms with van der Waals surface area (Å²) < 4.78 is 10.1. The number of esters is 1. The van der Waals surface area contributed by atoms with E-state index in [0.29, 0.717) is 12.3 Å². The average molecular weight is 229 g/mol. The Morgan fingerprint density at radius 3 is 2.87 bits per heavy atom. The number of thiazole rings is 1. The molecule has 0 amide bonds. The molecule has 0 radical (unpaired) electrons. The van der Waals surface area contributed by atoms with Crippen LogP contribution >= 0.6 is 11.3 Å². The summed E-state index contributed by atoms with van der Waals surface area (Å²) in [5.74, 6) is -0.369.